The Bertz CT molecular complexity index is 1800. The maximum Gasteiger partial charge on any atom is 0.280 e. The number of nitrogens with one attached hydrogen (secondary N) is 1. The van der Waals surface area contributed by atoms with E-state index in [1.165, 1.54) is 4.90 Å². The van der Waals surface area contributed by atoms with E-state index in [9.17, 15) is 14.4 Å². The summed E-state index contributed by atoms with van der Waals surface area (Å²) in [6.45, 7) is 3.92. The minimum absolute atomic E-state index is 0.151. The molecule has 6 rings (SSSR count). The van der Waals surface area contributed by atoms with Gasteiger partial charge in [-0.15, -0.1) is 0 Å². The van der Waals surface area contributed by atoms with Crippen LogP contribution in [0.1, 0.15) is 43.1 Å². The number of carbonyl (C=O) groups is 2. The molecule has 0 atom stereocenters. The van der Waals surface area contributed by atoms with Crippen LogP contribution in [0, 0.1) is 13.8 Å². The van der Waals surface area contributed by atoms with Gasteiger partial charge in [-0.2, -0.15) is 0 Å². The number of fused-ring (bicyclic) bond motifs is 2. The second-order valence-corrected chi connectivity index (χ2v) is 9.40. The molecule has 0 fully saturated rings. The fraction of sp³-hybridized carbons (Fsp3) is 0.0968. The number of hydrogen-bond acceptors (Lipinski definition) is 4. The number of aryl methyl sites for hydroxylation is 2. The molecular weight excluding hydrogens is 476 g/mol. The van der Waals surface area contributed by atoms with Crippen LogP contribution in [0.5, 0.6) is 0 Å². The molecule has 1 aliphatic heterocycles. The van der Waals surface area contributed by atoms with Gasteiger partial charge in [0.25, 0.3) is 17.4 Å². The predicted molar refractivity (Wildman–Crippen MR) is 148 cm³/mol. The van der Waals surface area contributed by atoms with E-state index in [2.05, 4.69) is 10.1 Å². The molecule has 0 radical (unpaired) electrons. The van der Waals surface area contributed by atoms with E-state index in [0.29, 0.717) is 28.1 Å². The molecule has 5 aromatic rings. The molecule has 2 heterocycles. The summed E-state index contributed by atoms with van der Waals surface area (Å²) in [5.74, 6) is -0.591. The van der Waals surface area contributed by atoms with Gasteiger partial charge in [0, 0.05) is 17.3 Å². The minimum Gasteiger partial charge on any atom is -0.295 e. The van der Waals surface area contributed by atoms with Crippen LogP contribution in [0.3, 0.4) is 0 Å². The van der Waals surface area contributed by atoms with Crippen molar-refractivity contribution in [1.29, 1.82) is 0 Å². The maximum atomic E-state index is 13.3. The predicted octanol–water partition coefficient (Wildman–Crippen LogP) is 5.48. The number of rotatable bonds is 5. The van der Waals surface area contributed by atoms with Crippen LogP contribution in [-0.4, -0.2) is 32.7 Å². The number of aromatic nitrogens is 2. The number of H-pyrrole nitrogens is 1. The molecule has 7 nitrogen and oxygen atoms in total. The Morgan fingerprint density at radius 2 is 1.50 bits per heavy atom. The van der Waals surface area contributed by atoms with Crippen molar-refractivity contribution < 1.29 is 9.59 Å². The zero-order chi connectivity index (χ0) is 26.4. The van der Waals surface area contributed by atoms with Crippen LogP contribution in [0.4, 0.5) is 5.69 Å². The molecule has 0 bridgehead atoms. The zero-order valence-electron chi connectivity index (χ0n) is 20.9. The monoisotopic (exact) mass is 500 g/mol. The number of aliphatic imine (C=N–C) groups is 1. The van der Waals surface area contributed by atoms with Crippen molar-refractivity contribution in [3.63, 3.8) is 0 Å². The van der Waals surface area contributed by atoms with Crippen molar-refractivity contribution in [3.05, 3.63) is 129 Å². The normalized spacial score (nSPS) is 13.2. The molecule has 186 valence electrons. The number of nitrogens with zero attached hydrogens (tertiary/aromatic N) is 3. The average molecular weight is 501 g/mol. The van der Waals surface area contributed by atoms with Gasteiger partial charge in [-0.1, -0.05) is 54.6 Å². The third-order valence-corrected chi connectivity index (χ3v) is 7.01. The topological polar surface area (TPSA) is 87.5 Å². The second-order valence-electron chi connectivity index (χ2n) is 9.40. The van der Waals surface area contributed by atoms with Gasteiger partial charge in [-0.3, -0.25) is 29.4 Å². The summed E-state index contributed by atoms with van der Waals surface area (Å²) in [7, 11) is 0. The Morgan fingerprint density at radius 1 is 0.816 bits per heavy atom. The molecule has 0 aliphatic carbocycles. The van der Waals surface area contributed by atoms with Gasteiger partial charge in [-0.25, -0.2) is 4.68 Å². The van der Waals surface area contributed by atoms with E-state index in [4.69, 9.17) is 0 Å². The molecule has 1 aromatic heterocycles. The highest BCUT2D eigenvalue weighted by Crippen LogP contribution is 2.27. The van der Waals surface area contributed by atoms with Crippen LogP contribution >= 0.6 is 0 Å². The van der Waals surface area contributed by atoms with Crippen molar-refractivity contribution in [2.75, 3.05) is 0 Å². The zero-order valence-corrected chi connectivity index (χ0v) is 20.9. The van der Waals surface area contributed by atoms with Gasteiger partial charge in [0.1, 0.15) is 0 Å². The summed E-state index contributed by atoms with van der Waals surface area (Å²) in [5.41, 5.74) is 4.97. The number of carbonyl (C=O) groups excluding carboxylic acids is 2. The first kappa shape index (κ1) is 23.4. The first-order valence-corrected chi connectivity index (χ1v) is 12.3. The van der Waals surface area contributed by atoms with Crippen molar-refractivity contribution in [1.82, 2.24) is 14.7 Å². The largest absolute Gasteiger partial charge is 0.295 e. The molecule has 0 saturated carbocycles. The molecule has 1 aliphatic rings. The van der Waals surface area contributed by atoms with Crippen LogP contribution in [0.25, 0.3) is 16.5 Å². The quantitative estimate of drug-likeness (QED) is 0.256. The molecular formula is C31H24N4O3. The molecule has 0 unspecified atom stereocenters. The highest BCUT2D eigenvalue weighted by Gasteiger charge is 2.35. The van der Waals surface area contributed by atoms with Gasteiger partial charge < -0.3 is 0 Å². The molecule has 7 heteroatoms. The van der Waals surface area contributed by atoms with Gasteiger partial charge in [0.05, 0.1) is 34.6 Å². The van der Waals surface area contributed by atoms with Gasteiger partial charge in [0.2, 0.25) is 0 Å². The van der Waals surface area contributed by atoms with Crippen molar-refractivity contribution in [3.8, 4) is 5.69 Å². The van der Waals surface area contributed by atoms with Gasteiger partial charge in [-0.05, 0) is 60.7 Å². The van der Waals surface area contributed by atoms with Crippen molar-refractivity contribution >= 4 is 34.5 Å². The molecule has 4 aromatic carbocycles. The van der Waals surface area contributed by atoms with Crippen molar-refractivity contribution in [2.45, 2.75) is 20.4 Å². The molecule has 0 spiro atoms. The van der Waals surface area contributed by atoms with Crippen LogP contribution in [-0.2, 0) is 6.54 Å². The first-order valence-electron chi connectivity index (χ1n) is 12.3. The summed E-state index contributed by atoms with van der Waals surface area (Å²) in [5, 5.41) is 5.19. The first-order chi connectivity index (χ1) is 18.4. The van der Waals surface area contributed by atoms with E-state index < -0.39 is 0 Å². The van der Waals surface area contributed by atoms with Crippen LogP contribution in [0.2, 0.25) is 0 Å². The van der Waals surface area contributed by atoms with E-state index in [-0.39, 0.29) is 23.9 Å². The number of imide groups is 1. The van der Waals surface area contributed by atoms with Crippen LogP contribution in [0.15, 0.2) is 94.7 Å². The van der Waals surface area contributed by atoms with E-state index in [1.807, 2.05) is 74.5 Å². The van der Waals surface area contributed by atoms with Gasteiger partial charge >= 0.3 is 0 Å². The Balaban J connectivity index is 1.30. The van der Waals surface area contributed by atoms with E-state index in [1.54, 1.807) is 35.2 Å². The Labute approximate surface area is 218 Å². The average Bonchev–Trinajstić information content (AvgIpc) is 3.35. The Kier molecular flexibility index (Phi) is 5.61. The van der Waals surface area contributed by atoms with Crippen LogP contribution < -0.4 is 5.56 Å². The summed E-state index contributed by atoms with van der Waals surface area (Å²) >= 11 is 0. The lowest BCUT2D eigenvalue weighted by molar-refractivity contribution is 0.0642. The summed E-state index contributed by atoms with van der Waals surface area (Å²) in [4.78, 5) is 44.8. The minimum atomic E-state index is -0.296. The van der Waals surface area contributed by atoms with Gasteiger partial charge in [0.15, 0.2) is 0 Å². The lowest BCUT2D eigenvalue weighted by atomic mass is 10.1. The number of hydrogen-bond donors (Lipinski definition) is 1. The molecule has 1 N–H and O–H groups in total. The lowest BCUT2D eigenvalue weighted by Crippen LogP contribution is -2.29. The molecule has 2 amide bonds. The highest BCUT2D eigenvalue weighted by molar-refractivity contribution is 6.21. The summed E-state index contributed by atoms with van der Waals surface area (Å²) < 4.78 is 1.54. The number of aromatic amines is 1. The maximum absolute atomic E-state index is 13.3. The third-order valence-electron chi connectivity index (χ3n) is 7.01. The summed E-state index contributed by atoms with van der Waals surface area (Å²) in [6, 6.07) is 26.2. The van der Waals surface area contributed by atoms with E-state index >= 15 is 0 Å². The van der Waals surface area contributed by atoms with E-state index in [0.717, 1.165) is 27.6 Å². The second kappa shape index (κ2) is 9.12. The Hall–Kier alpha value is -5.04. The number of amides is 2. The Morgan fingerprint density at radius 3 is 2.26 bits per heavy atom. The lowest BCUT2D eigenvalue weighted by Gasteiger charge is -2.16. The fourth-order valence-electron chi connectivity index (χ4n) is 4.89. The highest BCUT2D eigenvalue weighted by atomic mass is 16.2. The standard InChI is InChI=1S/C31H24N4O3/c1-19-14-15-23(16-22(19)18-34-29(36)25-11-5-6-12-26(25)30(34)37)32-17-27-20(2)33-35(31(27)38)28-13-7-9-21-8-3-4-10-24(21)28/h3-17,33H,18H2,1-2H3. The smallest absolute Gasteiger partial charge is 0.280 e. The third kappa shape index (κ3) is 3.85. The fourth-order valence-corrected chi connectivity index (χ4v) is 4.89. The number of benzene rings is 4. The SMILES string of the molecule is Cc1ccc(N=Cc2c(C)[nH]n(-c3cccc4ccccc34)c2=O)cc1CN1C(=O)c2ccccc2C1=O. The molecule has 38 heavy (non-hydrogen) atoms. The molecule has 0 saturated heterocycles. The summed E-state index contributed by atoms with van der Waals surface area (Å²) in [6.07, 6.45) is 1.56. The van der Waals surface area contributed by atoms with Crippen molar-refractivity contribution in [2.24, 2.45) is 4.99 Å².